The van der Waals surface area contributed by atoms with E-state index in [1.165, 1.54) is 0 Å². The zero-order chi connectivity index (χ0) is 20.5. The molecule has 29 heavy (non-hydrogen) atoms. The number of benzene rings is 3. The standard InChI is InChI=1S/C22H16BrClN2O3/c1-12-9-13(23)10-16(20(12)28-2)21(27)25-14-7-8-19-18(11-14)26-22(29-19)15-5-3-4-6-17(15)24/h3-11H,1-2H3,(H,25,27). The molecule has 0 aliphatic heterocycles. The number of carbonyl (C=O) groups excluding carboxylic acids is 1. The molecule has 146 valence electrons. The molecule has 0 radical (unpaired) electrons. The summed E-state index contributed by atoms with van der Waals surface area (Å²) >= 11 is 9.66. The Hall–Kier alpha value is -2.83. The Bertz CT molecular complexity index is 1240. The average molecular weight is 472 g/mol. The van der Waals surface area contributed by atoms with E-state index in [1.54, 1.807) is 37.4 Å². The monoisotopic (exact) mass is 470 g/mol. The van der Waals surface area contributed by atoms with E-state index in [-0.39, 0.29) is 5.91 Å². The molecule has 1 heterocycles. The molecule has 0 aliphatic carbocycles. The van der Waals surface area contributed by atoms with Crippen LogP contribution in [0.3, 0.4) is 0 Å². The number of anilines is 1. The third kappa shape index (κ3) is 3.86. The molecule has 0 spiro atoms. The van der Waals surface area contributed by atoms with E-state index >= 15 is 0 Å². The molecule has 1 aromatic heterocycles. The molecule has 4 rings (SSSR count). The fourth-order valence-electron chi connectivity index (χ4n) is 3.12. The van der Waals surface area contributed by atoms with Crippen molar-refractivity contribution in [2.45, 2.75) is 6.92 Å². The maximum absolute atomic E-state index is 12.8. The molecule has 0 saturated heterocycles. The minimum absolute atomic E-state index is 0.277. The van der Waals surface area contributed by atoms with Gasteiger partial charge in [0.2, 0.25) is 5.89 Å². The molecule has 5 nitrogen and oxygen atoms in total. The summed E-state index contributed by atoms with van der Waals surface area (Å²) < 4.78 is 12.0. The third-order valence-electron chi connectivity index (χ3n) is 4.44. The third-order valence-corrected chi connectivity index (χ3v) is 5.23. The number of carbonyl (C=O) groups is 1. The highest BCUT2D eigenvalue weighted by atomic mass is 79.9. The highest BCUT2D eigenvalue weighted by Gasteiger charge is 2.17. The molecule has 0 aliphatic rings. The number of nitrogens with zero attached hydrogens (tertiary/aromatic N) is 1. The van der Waals surface area contributed by atoms with Gasteiger partial charge in [-0.25, -0.2) is 4.98 Å². The number of amides is 1. The summed E-state index contributed by atoms with van der Waals surface area (Å²) in [4.78, 5) is 17.3. The summed E-state index contributed by atoms with van der Waals surface area (Å²) in [6.45, 7) is 1.89. The fourth-order valence-corrected chi connectivity index (χ4v) is 3.91. The van der Waals surface area contributed by atoms with Crippen molar-refractivity contribution in [3.63, 3.8) is 0 Å². The minimum atomic E-state index is -0.277. The maximum Gasteiger partial charge on any atom is 0.259 e. The number of halogens is 2. The molecule has 1 N–H and O–H groups in total. The Morgan fingerprint density at radius 1 is 1.17 bits per heavy atom. The number of ether oxygens (including phenoxy) is 1. The summed E-state index contributed by atoms with van der Waals surface area (Å²) in [5.41, 5.74) is 3.84. The van der Waals surface area contributed by atoms with Gasteiger partial charge in [-0.15, -0.1) is 0 Å². The first-order chi connectivity index (χ1) is 14.0. The Labute approximate surface area is 180 Å². The van der Waals surface area contributed by atoms with Crippen LogP contribution in [-0.4, -0.2) is 18.0 Å². The van der Waals surface area contributed by atoms with Crippen molar-refractivity contribution in [3.8, 4) is 17.2 Å². The van der Waals surface area contributed by atoms with Gasteiger partial charge < -0.3 is 14.5 Å². The lowest BCUT2D eigenvalue weighted by atomic mass is 10.1. The van der Waals surface area contributed by atoms with Crippen molar-refractivity contribution in [1.29, 1.82) is 0 Å². The number of hydrogen-bond donors (Lipinski definition) is 1. The number of rotatable bonds is 4. The van der Waals surface area contributed by atoms with Crippen LogP contribution in [0, 0.1) is 6.92 Å². The molecule has 3 aromatic carbocycles. The Balaban J connectivity index is 1.66. The lowest BCUT2D eigenvalue weighted by molar-refractivity contribution is 0.102. The van der Waals surface area contributed by atoms with Gasteiger partial charge in [-0.1, -0.05) is 39.7 Å². The van der Waals surface area contributed by atoms with Crippen molar-refractivity contribution in [3.05, 3.63) is 75.2 Å². The summed E-state index contributed by atoms with van der Waals surface area (Å²) in [6, 6.07) is 16.3. The minimum Gasteiger partial charge on any atom is -0.496 e. The van der Waals surface area contributed by atoms with Crippen LogP contribution in [0.25, 0.3) is 22.6 Å². The van der Waals surface area contributed by atoms with Crippen LogP contribution in [-0.2, 0) is 0 Å². The number of aromatic nitrogens is 1. The number of oxazole rings is 1. The largest absolute Gasteiger partial charge is 0.496 e. The normalized spacial score (nSPS) is 10.9. The van der Waals surface area contributed by atoms with Gasteiger partial charge in [0, 0.05) is 10.2 Å². The van der Waals surface area contributed by atoms with E-state index in [2.05, 4.69) is 26.2 Å². The summed E-state index contributed by atoms with van der Waals surface area (Å²) in [5.74, 6) is 0.688. The second-order valence-corrected chi connectivity index (χ2v) is 7.76. The second-order valence-electron chi connectivity index (χ2n) is 6.44. The number of aryl methyl sites for hydroxylation is 1. The Kier molecular flexibility index (Phi) is 5.30. The first-order valence-corrected chi connectivity index (χ1v) is 9.94. The fraction of sp³-hybridized carbons (Fsp3) is 0.0909. The average Bonchev–Trinajstić information content (AvgIpc) is 3.10. The van der Waals surface area contributed by atoms with Crippen LogP contribution < -0.4 is 10.1 Å². The second kappa shape index (κ2) is 7.89. The molecular formula is C22H16BrClN2O3. The molecule has 0 fully saturated rings. The predicted molar refractivity (Wildman–Crippen MR) is 118 cm³/mol. The zero-order valence-electron chi connectivity index (χ0n) is 15.6. The van der Waals surface area contributed by atoms with Crippen LogP contribution >= 0.6 is 27.5 Å². The van der Waals surface area contributed by atoms with E-state index in [0.29, 0.717) is 44.6 Å². The van der Waals surface area contributed by atoms with Crippen LogP contribution in [0.4, 0.5) is 5.69 Å². The number of nitrogens with one attached hydrogen (secondary N) is 1. The van der Waals surface area contributed by atoms with Crippen molar-refractivity contribution < 1.29 is 13.9 Å². The highest BCUT2D eigenvalue weighted by molar-refractivity contribution is 9.10. The summed E-state index contributed by atoms with van der Waals surface area (Å²) in [6.07, 6.45) is 0. The number of hydrogen-bond acceptors (Lipinski definition) is 4. The smallest absolute Gasteiger partial charge is 0.259 e. The van der Waals surface area contributed by atoms with Gasteiger partial charge in [-0.3, -0.25) is 4.79 Å². The van der Waals surface area contributed by atoms with Gasteiger partial charge in [-0.05, 0) is 55.0 Å². The first-order valence-electron chi connectivity index (χ1n) is 8.77. The Morgan fingerprint density at radius 3 is 2.72 bits per heavy atom. The predicted octanol–water partition coefficient (Wildman–Crippen LogP) is 6.48. The molecule has 0 unspecified atom stereocenters. The van der Waals surface area contributed by atoms with E-state index in [1.807, 2.05) is 31.2 Å². The zero-order valence-corrected chi connectivity index (χ0v) is 18.0. The quantitative estimate of drug-likeness (QED) is 0.370. The highest BCUT2D eigenvalue weighted by Crippen LogP contribution is 2.32. The SMILES string of the molecule is COc1c(C)cc(Br)cc1C(=O)Nc1ccc2oc(-c3ccccc3Cl)nc2c1. The van der Waals surface area contributed by atoms with Crippen LogP contribution in [0.5, 0.6) is 5.75 Å². The van der Waals surface area contributed by atoms with Crippen LogP contribution in [0.1, 0.15) is 15.9 Å². The van der Waals surface area contributed by atoms with Gasteiger partial charge in [0.25, 0.3) is 5.91 Å². The molecule has 7 heteroatoms. The van der Waals surface area contributed by atoms with E-state index in [0.717, 1.165) is 10.0 Å². The van der Waals surface area contributed by atoms with E-state index in [9.17, 15) is 4.79 Å². The van der Waals surface area contributed by atoms with Gasteiger partial charge in [0.15, 0.2) is 5.58 Å². The molecule has 0 saturated carbocycles. The van der Waals surface area contributed by atoms with Crippen LogP contribution in [0.15, 0.2) is 63.5 Å². The van der Waals surface area contributed by atoms with Crippen molar-refractivity contribution >= 4 is 50.2 Å². The van der Waals surface area contributed by atoms with E-state index < -0.39 is 0 Å². The molecule has 4 aromatic rings. The Morgan fingerprint density at radius 2 is 1.97 bits per heavy atom. The van der Waals surface area contributed by atoms with Crippen molar-refractivity contribution in [2.24, 2.45) is 0 Å². The maximum atomic E-state index is 12.8. The number of methoxy groups -OCH3 is 1. The topological polar surface area (TPSA) is 64.4 Å². The molecule has 1 amide bonds. The van der Waals surface area contributed by atoms with Gasteiger partial charge in [-0.2, -0.15) is 0 Å². The van der Waals surface area contributed by atoms with Gasteiger partial charge >= 0.3 is 0 Å². The lowest BCUT2D eigenvalue weighted by Crippen LogP contribution is -2.13. The van der Waals surface area contributed by atoms with E-state index in [4.69, 9.17) is 20.8 Å². The van der Waals surface area contributed by atoms with Gasteiger partial charge in [0.1, 0.15) is 11.3 Å². The molecular weight excluding hydrogens is 456 g/mol. The molecule has 0 atom stereocenters. The van der Waals surface area contributed by atoms with Crippen LogP contribution in [0.2, 0.25) is 5.02 Å². The molecule has 0 bridgehead atoms. The summed E-state index contributed by atoms with van der Waals surface area (Å²) in [7, 11) is 1.55. The van der Waals surface area contributed by atoms with Gasteiger partial charge in [0.05, 0.1) is 23.3 Å². The lowest BCUT2D eigenvalue weighted by Gasteiger charge is -2.12. The van der Waals surface area contributed by atoms with Crippen molar-refractivity contribution in [2.75, 3.05) is 12.4 Å². The first kappa shape index (κ1) is 19.5. The summed E-state index contributed by atoms with van der Waals surface area (Å²) in [5, 5.41) is 3.45. The number of fused-ring (bicyclic) bond motifs is 1. The van der Waals surface area contributed by atoms with Crippen molar-refractivity contribution in [1.82, 2.24) is 4.98 Å².